The van der Waals surface area contributed by atoms with Crippen LogP contribution in [0.15, 0.2) is 72.4 Å². The third kappa shape index (κ3) is 6.21. The smallest absolute Gasteiger partial charge is 0.233 e. The fourth-order valence-electron chi connectivity index (χ4n) is 3.04. The highest BCUT2D eigenvalue weighted by Crippen LogP contribution is 2.30. The largest absolute Gasteiger partial charge is 0.485 e. The number of thioether (sulfide) groups is 1. The number of rotatable bonds is 12. The molecule has 2 aromatic carbocycles. The van der Waals surface area contributed by atoms with Crippen molar-refractivity contribution in [1.29, 1.82) is 0 Å². The van der Waals surface area contributed by atoms with Gasteiger partial charge in [-0.1, -0.05) is 66.4 Å². The van der Waals surface area contributed by atoms with Crippen LogP contribution in [0.25, 0.3) is 11.1 Å². The second-order valence-electron chi connectivity index (χ2n) is 6.99. The molecule has 0 fully saturated rings. The Morgan fingerprint density at radius 2 is 1.94 bits per heavy atom. The Morgan fingerprint density at radius 3 is 2.69 bits per heavy atom. The van der Waals surface area contributed by atoms with E-state index in [0.29, 0.717) is 30.7 Å². The number of para-hydroxylation sites is 1. The SMILES string of the molecule is C=CCNC(=O)C(C)Sc1nnc(COc2ccccc2-c2ccccc2)n1CCOC. The summed E-state index contributed by atoms with van der Waals surface area (Å²) in [5.41, 5.74) is 2.10. The monoisotopic (exact) mass is 452 g/mol. The first-order valence-corrected chi connectivity index (χ1v) is 11.3. The van der Waals surface area contributed by atoms with Gasteiger partial charge in [0, 0.05) is 25.8 Å². The summed E-state index contributed by atoms with van der Waals surface area (Å²) in [6.07, 6.45) is 1.65. The number of carbonyl (C=O) groups excluding carboxylic acids is 1. The molecular weight excluding hydrogens is 424 g/mol. The standard InChI is InChI=1S/C24H28N4O3S/c1-4-14-25-23(29)18(2)32-24-27-26-22(28(24)15-16-30-3)17-31-21-13-9-8-12-20(21)19-10-6-5-7-11-19/h4-13,18H,1,14-17H2,2-3H3,(H,25,29). The molecule has 168 valence electrons. The molecule has 0 saturated heterocycles. The maximum Gasteiger partial charge on any atom is 0.233 e. The summed E-state index contributed by atoms with van der Waals surface area (Å²) < 4.78 is 13.3. The van der Waals surface area contributed by atoms with Crippen molar-refractivity contribution < 1.29 is 14.3 Å². The van der Waals surface area contributed by atoms with Gasteiger partial charge in [-0.2, -0.15) is 0 Å². The minimum absolute atomic E-state index is 0.0780. The molecule has 32 heavy (non-hydrogen) atoms. The summed E-state index contributed by atoms with van der Waals surface area (Å²) in [6, 6.07) is 18.0. The summed E-state index contributed by atoms with van der Waals surface area (Å²) in [5, 5.41) is 11.8. The molecule has 0 aliphatic rings. The Bertz CT molecular complexity index is 1020. The molecule has 3 rings (SSSR count). The van der Waals surface area contributed by atoms with Gasteiger partial charge in [0.15, 0.2) is 11.0 Å². The maximum atomic E-state index is 12.2. The number of aromatic nitrogens is 3. The highest BCUT2D eigenvalue weighted by molar-refractivity contribution is 8.00. The third-order valence-electron chi connectivity index (χ3n) is 4.71. The van der Waals surface area contributed by atoms with Crippen molar-refractivity contribution in [2.45, 2.75) is 30.5 Å². The van der Waals surface area contributed by atoms with E-state index in [4.69, 9.17) is 9.47 Å². The topological polar surface area (TPSA) is 78.3 Å². The summed E-state index contributed by atoms with van der Waals surface area (Å²) >= 11 is 1.35. The number of nitrogens with zero attached hydrogens (tertiary/aromatic N) is 3. The first-order chi connectivity index (χ1) is 15.6. The zero-order chi connectivity index (χ0) is 22.8. The van der Waals surface area contributed by atoms with Gasteiger partial charge in [-0.15, -0.1) is 16.8 Å². The lowest BCUT2D eigenvalue weighted by molar-refractivity contribution is -0.120. The molecule has 8 heteroatoms. The normalized spacial score (nSPS) is 11.7. The van der Waals surface area contributed by atoms with Gasteiger partial charge in [-0.3, -0.25) is 4.79 Å². The van der Waals surface area contributed by atoms with Gasteiger partial charge in [0.1, 0.15) is 12.4 Å². The first kappa shape index (κ1) is 23.6. The van der Waals surface area contributed by atoms with E-state index in [1.807, 2.05) is 54.0 Å². The Labute approximate surface area is 192 Å². The van der Waals surface area contributed by atoms with Gasteiger partial charge in [0.25, 0.3) is 0 Å². The number of amides is 1. The van der Waals surface area contributed by atoms with E-state index in [-0.39, 0.29) is 17.8 Å². The number of hydrogen-bond donors (Lipinski definition) is 1. The number of benzene rings is 2. The molecule has 1 unspecified atom stereocenters. The number of methoxy groups -OCH3 is 1. The van der Waals surface area contributed by atoms with Gasteiger partial charge < -0.3 is 19.4 Å². The van der Waals surface area contributed by atoms with E-state index < -0.39 is 0 Å². The van der Waals surface area contributed by atoms with Crippen LogP contribution in [0.4, 0.5) is 0 Å². The number of ether oxygens (including phenoxy) is 2. The first-order valence-electron chi connectivity index (χ1n) is 10.4. The number of carbonyl (C=O) groups is 1. The van der Waals surface area contributed by atoms with Crippen LogP contribution in [-0.4, -0.2) is 46.2 Å². The predicted molar refractivity (Wildman–Crippen MR) is 127 cm³/mol. The second-order valence-corrected chi connectivity index (χ2v) is 8.30. The molecule has 0 bridgehead atoms. The molecule has 0 aliphatic heterocycles. The van der Waals surface area contributed by atoms with Crippen LogP contribution in [0.2, 0.25) is 0 Å². The van der Waals surface area contributed by atoms with Crippen molar-refractivity contribution in [2.24, 2.45) is 0 Å². The predicted octanol–water partition coefficient (Wildman–Crippen LogP) is 3.95. The Balaban J connectivity index is 1.76. The fraction of sp³-hybridized carbons (Fsp3) is 0.292. The fourth-order valence-corrected chi connectivity index (χ4v) is 3.96. The van der Waals surface area contributed by atoms with Crippen LogP contribution in [0.1, 0.15) is 12.7 Å². The highest BCUT2D eigenvalue weighted by Gasteiger charge is 2.20. The Hall–Kier alpha value is -3.10. The number of hydrogen-bond acceptors (Lipinski definition) is 6. The lowest BCUT2D eigenvalue weighted by atomic mass is 10.1. The minimum Gasteiger partial charge on any atom is -0.485 e. The van der Waals surface area contributed by atoms with Gasteiger partial charge in [-0.05, 0) is 18.6 Å². The average molecular weight is 453 g/mol. The van der Waals surface area contributed by atoms with Crippen LogP contribution in [0, 0.1) is 0 Å². The van der Waals surface area contributed by atoms with E-state index in [9.17, 15) is 4.79 Å². The quantitative estimate of drug-likeness (QED) is 0.331. The Morgan fingerprint density at radius 1 is 1.19 bits per heavy atom. The molecular formula is C24H28N4O3S. The van der Waals surface area contributed by atoms with Crippen LogP contribution in [0.5, 0.6) is 5.75 Å². The van der Waals surface area contributed by atoms with E-state index in [1.165, 1.54) is 11.8 Å². The van der Waals surface area contributed by atoms with Gasteiger partial charge in [0.2, 0.25) is 5.91 Å². The average Bonchev–Trinajstić information content (AvgIpc) is 3.21. The molecule has 3 aromatic rings. The summed E-state index contributed by atoms with van der Waals surface area (Å²) in [7, 11) is 1.65. The molecule has 0 spiro atoms. The molecule has 0 saturated carbocycles. The van der Waals surface area contributed by atoms with E-state index in [1.54, 1.807) is 13.2 Å². The summed E-state index contributed by atoms with van der Waals surface area (Å²) in [4.78, 5) is 12.2. The molecule has 0 radical (unpaired) electrons. The maximum absolute atomic E-state index is 12.2. The van der Waals surface area contributed by atoms with Crippen molar-refractivity contribution >= 4 is 17.7 Å². The third-order valence-corrected chi connectivity index (χ3v) is 5.79. The number of nitrogens with one attached hydrogen (secondary N) is 1. The molecule has 0 aliphatic carbocycles. The minimum atomic E-state index is -0.326. The molecule has 1 N–H and O–H groups in total. The van der Waals surface area contributed by atoms with E-state index in [0.717, 1.165) is 16.9 Å². The molecule has 1 amide bonds. The Kier molecular flexibility index (Phi) is 8.89. The zero-order valence-corrected chi connectivity index (χ0v) is 19.2. The van der Waals surface area contributed by atoms with Crippen molar-refractivity contribution in [3.63, 3.8) is 0 Å². The van der Waals surface area contributed by atoms with Crippen molar-refractivity contribution in [3.8, 4) is 16.9 Å². The summed E-state index contributed by atoms with van der Waals surface area (Å²) in [5.74, 6) is 1.36. The van der Waals surface area contributed by atoms with Crippen LogP contribution in [0.3, 0.4) is 0 Å². The van der Waals surface area contributed by atoms with Crippen molar-refractivity contribution in [1.82, 2.24) is 20.1 Å². The van der Waals surface area contributed by atoms with E-state index >= 15 is 0 Å². The molecule has 1 heterocycles. The lowest BCUT2D eigenvalue weighted by Gasteiger charge is -2.14. The van der Waals surface area contributed by atoms with Gasteiger partial charge in [0.05, 0.1) is 11.9 Å². The summed E-state index contributed by atoms with van der Waals surface area (Å²) in [6.45, 7) is 7.20. The van der Waals surface area contributed by atoms with Crippen molar-refractivity contribution in [3.05, 3.63) is 73.1 Å². The van der Waals surface area contributed by atoms with Gasteiger partial charge in [-0.25, -0.2) is 0 Å². The molecule has 7 nitrogen and oxygen atoms in total. The van der Waals surface area contributed by atoms with Crippen LogP contribution in [-0.2, 0) is 22.7 Å². The molecule has 1 aromatic heterocycles. The van der Waals surface area contributed by atoms with Crippen LogP contribution < -0.4 is 10.1 Å². The lowest BCUT2D eigenvalue weighted by Crippen LogP contribution is -2.31. The molecule has 1 atom stereocenters. The van der Waals surface area contributed by atoms with Crippen molar-refractivity contribution in [2.75, 3.05) is 20.3 Å². The second kappa shape index (κ2) is 12.1. The van der Waals surface area contributed by atoms with Gasteiger partial charge >= 0.3 is 0 Å². The zero-order valence-electron chi connectivity index (χ0n) is 18.4. The van der Waals surface area contributed by atoms with Crippen LogP contribution >= 0.6 is 11.8 Å². The van der Waals surface area contributed by atoms with E-state index in [2.05, 4.69) is 34.2 Å². The highest BCUT2D eigenvalue weighted by atomic mass is 32.2.